The van der Waals surface area contributed by atoms with Gasteiger partial charge in [0, 0.05) is 60.4 Å². The maximum Gasteiger partial charge on any atom is 0.319 e. The number of hydrogen-bond acceptors (Lipinski definition) is 8. The number of nitriles is 1. The number of halogens is 4. The minimum atomic E-state index is -1.22. The summed E-state index contributed by atoms with van der Waals surface area (Å²) < 4.78 is 50.9. The normalized spacial score (nSPS) is 22.3. The molecule has 0 spiro atoms. The summed E-state index contributed by atoms with van der Waals surface area (Å²) in [6.07, 6.45) is -0.200. The molecule has 2 fully saturated rings. The van der Waals surface area contributed by atoms with Crippen molar-refractivity contribution >= 4 is 39.1 Å². The standard InChI is InChI=1S/C31H31ClF3N7O/c1-18(33)42-12-11-41(16-21(42)9-10-36)30-24-14-37-28(23-7-3-5-19-6-4-8-25(32)26(19)23)27(35)29(24)38-31(39-30)43-17-22-13-20(34)15-40(22)2/h3-8,14,18,20-22H,9,11-13,15-17H2,1-2H3/t18?,20-,21+,22+/m1/s1. The number of nitrogens with zero attached hydrogens (tertiary/aromatic N) is 7. The van der Waals surface area contributed by atoms with Crippen molar-refractivity contribution in [3.05, 3.63) is 53.4 Å². The molecule has 4 atom stereocenters. The van der Waals surface area contributed by atoms with Gasteiger partial charge in [-0.1, -0.05) is 41.9 Å². The molecule has 0 N–H and O–H groups in total. The first kappa shape index (κ1) is 29.4. The van der Waals surface area contributed by atoms with Gasteiger partial charge in [0.25, 0.3) is 0 Å². The third-order valence-corrected chi connectivity index (χ3v) is 8.72. The zero-order valence-corrected chi connectivity index (χ0v) is 24.6. The van der Waals surface area contributed by atoms with Gasteiger partial charge in [-0.05, 0) is 31.8 Å². The molecule has 0 bridgehead atoms. The van der Waals surface area contributed by atoms with Crippen molar-refractivity contribution in [2.45, 2.75) is 44.3 Å². The van der Waals surface area contributed by atoms with E-state index in [1.54, 1.807) is 17.0 Å². The highest BCUT2D eigenvalue weighted by atomic mass is 35.5. The number of anilines is 1. The van der Waals surface area contributed by atoms with Crippen LogP contribution in [0.25, 0.3) is 32.9 Å². The number of aromatic nitrogens is 3. The average molecular weight is 610 g/mol. The second-order valence-electron chi connectivity index (χ2n) is 11.2. The summed E-state index contributed by atoms with van der Waals surface area (Å²) in [6.45, 7) is 2.92. The van der Waals surface area contributed by atoms with E-state index in [2.05, 4.69) is 21.0 Å². The summed E-state index contributed by atoms with van der Waals surface area (Å²) in [6, 6.07) is 12.5. The van der Waals surface area contributed by atoms with Crippen LogP contribution < -0.4 is 9.64 Å². The first-order chi connectivity index (χ1) is 20.7. The molecule has 4 heterocycles. The molecule has 4 aromatic rings. The SMILES string of the molecule is CC(F)N1CCN(c2nc(OC[C@@H]3C[C@@H](F)CN3C)nc3c(F)c(-c4cccc5cccc(Cl)c45)ncc23)C[C@@H]1CC#N. The first-order valence-electron chi connectivity index (χ1n) is 14.3. The molecule has 2 aromatic carbocycles. The number of alkyl halides is 2. The fourth-order valence-electron chi connectivity index (χ4n) is 6.20. The summed E-state index contributed by atoms with van der Waals surface area (Å²) in [5, 5.41) is 11.8. The minimum Gasteiger partial charge on any atom is -0.462 e. The molecular weight excluding hydrogens is 579 g/mol. The van der Waals surface area contributed by atoms with Crippen molar-refractivity contribution in [2.24, 2.45) is 0 Å². The van der Waals surface area contributed by atoms with Crippen molar-refractivity contribution in [3.8, 4) is 23.3 Å². The van der Waals surface area contributed by atoms with Crippen molar-refractivity contribution in [1.29, 1.82) is 5.26 Å². The monoisotopic (exact) mass is 609 g/mol. The Labute approximate surface area is 252 Å². The van der Waals surface area contributed by atoms with Gasteiger partial charge in [0.1, 0.15) is 29.8 Å². The number of pyridine rings is 1. The lowest BCUT2D eigenvalue weighted by Gasteiger charge is -2.42. The van der Waals surface area contributed by atoms with E-state index in [9.17, 15) is 14.0 Å². The average Bonchev–Trinajstić information content (AvgIpc) is 3.32. The van der Waals surface area contributed by atoms with Gasteiger partial charge < -0.3 is 9.64 Å². The molecule has 1 unspecified atom stereocenters. The third kappa shape index (κ3) is 5.67. The Morgan fingerprint density at radius 1 is 1.14 bits per heavy atom. The van der Waals surface area contributed by atoms with Gasteiger partial charge in [-0.2, -0.15) is 15.2 Å². The van der Waals surface area contributed by atoms with E-state index in [1.807, 2.05) is 41.1 Å². The molecule has 2 aromatic heterocycles. The lowest BCUT2D eigenvalue weighted by atomic mass is 10.0. The first-order valence-corrected chi connectivity index (χ1v) is 14.7. The number of hydrogen-bond donors (Lipinski definition) is 0. The van der Waals surface area contributed by atoms with Crippen molar-refractivity contribution in [1.82, 2.24) is 24.8 Å². The second kappa shape index (κ2) is 12.1. The van der Waals surface area contributed by atoms with Crippen LogP contribution in [0, 0.1) is 17.1 Å². The number of fused-ring (bicyclic) bond motifs is 2. The van der Waals surface area contributed by atoms with E-state index >= 15 is 4.39 Å². The van der Waals surface area contributed by atoms with E-state index < -0.39 is 24.3 Å². The van der Waals surface area contributed by atoms with Crippen LogP contribution in [0.1, 0.15) is 19.8 Å². The zero-order valence-electron chi connectivity index (χ0n) is 23.9. The predicted octanol–water partition coefficient (Wildman–Crippen LogP) is 5.78. The highest BCUT2D eigenvalue weighted by Crippen LogP contribution is 2.38. The lowest BCUT2D eigenvalue weighted by Crippen LogP contribution is -2.55. The largest absolute Gasteiger partial charge is 0.462 e. The maximum absolute atomic E-state index is 16.5. The van der Waals surface area contributed by atoms with Crippen molar-refractivity contribution < 1.29 is 17.9 Å². The van der Waals surface area contributed by atoms with E-state index in [0.29, 0.717) is 59.8 Å². The Bertz CT molecular complexity index is 1690. The van der Waals surface area contributed by atoms with Crippen LogP contribution in [0.15, 0.2) is 42.6 Å². The Morgan fingerprint density at radius 2 is 1.93 bits per heavy atom. The van der Waals surface area contributed by atoms with E-state index in [0.717, 1.165) is 5.39 Å². The van der Waals surface area contributed by atoms with Gasteiger partial charge in [0.2, 0.25) is 0 Å². The summed E-state index contributed by atoms with van der Waals surface area (Å²) in [5.41, 5.74) is 0.609. The summed E-state index contributed by atoms with van der Waals surface area (Å²) in [4.78, 5) is 19.1. The number of piperazine rings is 1. The molecular formula is C31H31ClF3N7O. The van der Waals surface area contributed by atoms with Crippen LogP contribution in [0.3, 0.4) is 0 Å². The molecule has 12 heteroatoms. The van der Waals surface area contributed by atoms with E-state index in [1.165, 1.54) is 13.1 Å². The molecule has 8 nitrogen and oxygen atoms in total. The molecule has 0 aliphatic carbocycles. The molecule has 2 aliphatic rings. The zero-order chi connectivity index (χ0) is 30.2. The van der Waals surface area contributed by atoms with Crippen LogP contribution >= 0.6 is 11.6 Å². The van der Waals surface area contributed by atoms with Gasteiger partial charge in [-0.3, -0.25) is 14.8 Å². The fraction of sp³-hybridized carbons (Fsp3) is 0.419. The Hall–Kier alpha value is -3.72. The molecule has 2 saturated heterocycles. The molecule has 2 aliphatic heterocycles. The predicted molar refractivity (Wildman–Crippen MR) is 160 cm³/mol. The Kier molecular flexibility index (Phi) is 8.27. The summed E-state index contributed by atoms with van der Waals surface area (Å²) >= 11 is 6.55. The molecule has 6 rings (SSSR count). The van der Waals surface area contributed by atoms with E-state index in [-0.39, 0.29) is 36.3 Å². The van der Waals surface area contributed by atoms with Crippen LogP contribution in [-0.2, 0) is 0 Å². The van der Waals surface area contributed by atoms with Crippen LogP contribution in [0.2, 0.25) is 5.02 Å². The van der Waals surface area contributed by atoms with Crippen LogP contribution in [0.5, 0.6) is 6.01 Å². The number of rotatable bonds is 7. The molecule has 0 saturated carbocycles. The van der Waals surface area contributed by atoms with Crippen LogP contribution in [-0.4, -0.2) is 89.1 Å². The van der Waals surface area contributed by atoms with Gasteiger partial charge in [0.05, 0.1) is 17.9 Å². The Morgan fingerprint density at radius 3 is 2.65 bits per heavy atom. The number of likely N-dealkylation sites (N-methyl/N-ethyl adjacent to an activating group) is 1. The molecule has 224 valence electrons. The molecule has 0 radical (unpaired) electrons. The Balaban J connectivity index is 1.45. The van der Waals surface area contributed by atoms with Gasteiger partial charge in [-0.25, -0.2) is 13.2 Å². The fourth-order valence-corrected chi connectivity index (χ4v) is 6.49. The number of likely N-dealkylation sites (tertiary alicyclic amines) is 1. The topological polar surface area (TPSA) is 81.4 Å². The maximum atomic E-state index is 16.5. The lowest BCUT2D eigenvalue weighted by molar-refractivity contribution is 0.0472. The second-order valence-corrected chi connectivity index (χ2v) is 11.6. The summed E-state index contributed by atoms with van der Waals surface area (Å²) in [5.74, 6) is -0.282. The van der Waals surface area contributed by atoms with Gasteiger partial charge >= 0.3 is 6.01 Å². The highest BCUT2D eigenvalue weighted by molar-refractivity contribution is 6.36. The third-order valence-electron chi connectivity index (χ3n) is 8.41. The van der Waals surface area contributed by atoms with Crippen molar-refractivity contribution in [3.63, 3.8) is 0 Å². The highest BCUT2D eigenvalue weighted by Gasteiger charge is 2.33. The van der Waals surface area contributed by atoms with Crippen molar-refractivity contribution in [2.75, 3.05) is 44.7 Å². The number of ether oxygens (including phenoxy) is 1. The minimum absolute atomic E-state index is 0.00956. The van der Waals surface area contributed by atoms with Crippen LogP contribution in [0.4, 0.5) is 19.0 Å². The molecule has 43 heavy (non-hydrogen) atoms. The summed E-state index contributed by atoms with van der Waals surface area (Å²) in [7, 11) is 1.83. The smallest absolute Gasteiger partial charge is 0.319 e. The van der Waals surface area contributed by atoms with Gasteiger partial charge in [-0.15, -0.1) is 0 Å². The van der Waals surface area contributed by atoms with Gasteiger partial charge in [0.15, 0.2) is 12.1 Å². The molecule has 0 amide bonds. The number of benzene rings is 2. The quantitative estimate of drug-likeness (QED) is 0.244. The van der Waals surface area contributed by atoms with E-state index in [4.69, 9.17) is 16.3 Å².